The van der Waals surface area contributed by atoms with Gasteiger partial charge in [-0.15, -0.1) is 0 Å². The number of nitro groups is 1. The fourth-order valence-electron chi connectivity index (χ4n) is 1.50. The van der Waals surface area contributed by atoms with Gasteiger partial charge in [-0.1, -0.05) is 27.3 Å². The fourth-order valence-corrected chi connectivity index (χ4v) is 2.83. The average Bonchev–Trinajstić information content (AvgIpc) is 2.79. The summed E-state index contributed by atoms with van der Waals surface area (Å²) in [5, 5.41) is 20.2. The monoisotopic (exact) mass is 379 g/mol. The van der Waals surface area contributed by atoms with E-state index in [-0.39, 0.29) is 14.4 Å². The third-order valence-electron chi connectivity index (χ3n) is 2.47. The third-order valence-corrected chi connectivity index (χ3v) is 4.10. The van der Waals surface area contributed by atoms with E-state index in [1.165, 1.54) is 6.92 Å². The minimum atomic E-state index is -1.25. The third kappa shape index (κ3) is 3.36. The van der Waals surface area contributed by atoms with Gasteiger partial charge in [0.2, 0.25) is 5.82 Å². The van der Waals surface area contributed by atoms with E-state index in [4.69, 9.17) is 4.74 Å². The van der Waals surface area contributed by atoms with Gasteiger partial charge in [-0.05, 0) is 19.1 Å². The second-order valence-corrected chi connectivity index (χ2v) is 6.02. The second kappa shape index (κ2) is 6.04. The first-order valence-electron chi connectivity index (χ1n) is 5.58. The first kappa shape index (κ1) is 15.8. The molecule has 9 heteroatoms. The van der Waals surface area contributed by atoms with Crippen LogP contribution in [-0.4, -0.2) is 10.0 Å². The number of hydrogen-bond acceptors (Lipinski definition) is 5. The zero-order valence-electron chi connectivity index (χ0n) is 10.5. The van der Waals surface area contributed by atoms with Crippen molar-refractivity contribution in [3.63, 3.8) is 0 Å². The summed E-state index contributed by atoms with van der Waals surface area (Å²) in [7, 11) is 0. The van der Waals surface area contributed by atoms with Crippen LogP contribution in [0.5, 0.6) is 10.8 Å². The highest BCUT2D eigenvalue weighted by molar-refractivity contribution is 9.10. The van der Waals surface area contributed by atoms with Crippen molar-refractivity contribution in [1.82, 2.24) is 0 Å². The summed E-state index contributed by atoms with van der Waals surface area (Å²) in [6, 6.07) is 3.20. The minimum Gasteiger partial charge on any atom is -0.437 e. The molecule has 0 saturated heterocycles. The Morgan fingerprint density at radius 3 is 2.67 bits per heavy atom. The molecule has 0 amide bonds. The Morgan fingerprint density at radius 1 is 1.43 bits per heavy atom. The van der Waals surface area contributed by atoms with Crippen LogP contribution < -0.4 is 4.74 Å². The summed E-state index contributed by atoms with van der Waals surface area (Å²) in [6.45, 7) is 1.43. The van der Waals surface area contributed by atoms with Crippen LogP contribution in [-0.2, 0) is 0 Å². The number of hydrogen-bond donors (Lipinski definition) is 1. The molecule has 112 valence electrons. The first-order chi connectivity index (χ1) is 9.79. The molecule has 5 nitrogen and oxygen atoms in total. The van der Waals surface area contributed by atoms with Crippen molar-refractivity contribution >= 4 is 33.0 Å². The SMILES string of the molecule is C[C@H](O)c1cc([N+](=O)[O-])c(Oc2cc(Br)cc(F)c2F)s1. The number of rotatable bonds is 4. The van der Waals surface area contributed by atoms with Crippen molar-refractivity contribution < 1.29 is 23.5 Å². The standard InChI is InChI=1S/C12H8BrF2NO4S/c1-5(17)10-4-8(16(18)19)12(21-10)20-9-3-6(13)2-7(14)11(9)15/h2-5,17H,1H3/t5-/m0/s1. The van der Waals surface area contributed by atoms with Crippen LogP contribution in [0.25, 0.3) is 0 Å². The van der Waals surface area contributed by atoms with Gasteiger partial charge >= 0.3 is 5.69 Å². The number of benzene rings is 1. The molecule has 0 aliphatic heterocycles. The molecular formula is C12H8BrF2NO4S. The van der Waals surface area contributed by atoms with Gasteiger partial charge in [-0.2, -0.15) is 4.39 Å². The van der Waals surface area contributed by atoms with Gasteiger partial charge in [-0.25, -0.2) is 4.39 Å². The van der Waals surface area contributed by atoms with Crippen molar-refractivity contribution in [1.29, 1.82) is 0 Å². The van der Waals surface area contributed by atoms with Gasteiger partial charge in [0.25, 0.3) is 5.06 Å². The molecule has 0 spiro atoms. The minimum absolute atomic E-state index is 0.228. The van der Waals surface area contributed by atoms with E-state index in [1.807, 2.05) is 0 Å². The zero-order valence-corrected chi connectivity index (χ0v) is 12.9. The lowest BCUT2D eigenvalue weighted by molar-refractivity contribution is -0.385. The maximum atomic E-state index is 13.6. The molecule has 1 aromatic heterocycles. The van der Waals surface area contributed by atoms with E-state index in [1.54, 1.807) is 0 Å². The second-order valence-electron chi connectivity index (χ2n) is 4.06. The Kier molecular flexibility index (Phi) is 4.55. The van der Waals surface area contributed by atoms with E-state index in [2.05, 4.69) is 15.9 Å². The Hall–Kier alpha value is -1.58. The number of ether oxygens (including phenoxy) is 1. The van der Waals surface area contributed by atoms with Crippen LogP contribution in [0.15, 0.2) is 22.7 Å². The van der Waals surface area contributed by atoms with Crippen molar-refractivity contribution in [3.05, 3.63) is 49.3 Å². The summed E-state index contributed by atoms with van der Waals surface area (Å²) < 4.78 is 32.3. The predicted molar refractivity (Wildman–Crippen MR) is 75.7 cm³/mol. The highest BCUT2D eigenvalue weighted by atomic mass is 79.9. The molecule has 1 atom stereocenters. The van der Waals surface area contributed by atoms with E-state index < -0.39 is 34.1 Å². The van der Waals surface area contributed by atoms with E-state index in [9.17, 15) is 24.0 Å². The molecule has 2 rings (SSSR count). The lowest BCUT2D eigenvalue weighted by Gasteiger charge is -2.05. The van der Waals surface area contributed by atoms with Crippen molar-refractivity contribution in [2.24, 2.45) is 0 Å². The summed E-state index contributed by atoms with van der Waals surface area (Å²) >= 11 is 3.77. The molecular weight excluding hydrogens is 372 g/mol. The molecule has 0 aliphatic carbocycles. The molecule has 0 saturated carbocycles. The summed E-state index contributed by atoms with van der Waals surface area (Å²) in [4.78, 5) is 10.5. The lowest BCUT2D eigenvalue weighted by atomic mass is 10.3. The first-order valence-corrected chi connectivity index (χ1v) is 7.19. The smallest absolute Gasteiger partial charge is 0.323 e. The number of aliphatic hydroxyl groups is 1. The van der Waals surface area contributed by atoms with Gasteiger partial charge in [0.15, 0.2) is 11.6 Å². The van der Waals surface area contributed by atoms with Gasteiger partial charge in [0.05, 0.1) is 11.0 Å². The zero-order chi connectivity index (χ0) is 15.7. The van der Waals surface area contributed by atoms with Crippen LogP contribution in [0.4, 0.5) is 14.5 Å². The summed E-state index contributed by atoms with van der Waals surface area (Å²) in [6.07, 6.45) is -0.935. The van der Waals surface area contributed by atoms with E-state index in [0.29, 0.717) is 0 Å². The molecule has 1 heterocycles. The molecule has 0 radical (unpaired) electrons. The Balaban J connectivity index is 2.46. The fraction of sp³-hybridized carbons (Fsp3) is 0.167. The van der Waals surface area contributed by atoms with Crippen molar-refractivity contribution in [2.45, 2.75) is 13.0 Å². The van der Waals surface area contributed by atoms with Crippen molar-refractivity contribution in [3.8, 4) is 10.8 Å². The van der Waals surface area contributed by atoms with Gasteiger partial charge in [0.1, 0.15) is 0 Å². The quantitative estimate of drug-likeness (QED) is 0.480. The van der Waals surface area contributed by atoms with E-state index >= 15 is 0 Å². The van der Waals surface area contributed by atoms with Crippen LogP contribution in [0.1, 0.15) is 17.9 Å². The largest absolute Gasteiger partial charge is 0.437 e. The van der Waals surface area contributed by atoms with Crippen LogP contribution in [0, 0.1) is 21.7 Å². The normalized spacial score (nSPS) is 12.2. The van der Waals surface area contributed by atoms with Crippen molar-refractivity contribution in [2.75, 3.05) is 0 Å². The van der Waals surface area contributed by atoms with Gasteiger partial charge in [0, 0.05) is 15.4 Å². The van der Waals surface area contributed by atoms with Crippen LogP contribution in [0.3, 0.4) is 0 Å². The molecule has 0 aliphatic rings. The molecule has 21 heavy (non-hydrogen) atoms. The van der Waals surface area contributed by atoms with E-state index in [0.717, 1.165) is 29.5 Å². The molecule has 1 N–H and O–H groups in total. The molecule has 0 fully saturated rings. The van der Waals surface area contributed by atoms with Gasteiger partial charge in [-0.3, -0.25) is 10.1 Å². The highest BCUT2D eigenvalue weighted by Gasteiger charge is 2.24. The lowest BCUT2D eigenvalue weighted by Crippen LogP contribution is -1.93. The number of thiophene rings is 1. The average molecular weight is 380 g/mol. The topological polar surface area (TPSA) is 72.6 Å². The predicted octanol–water partition coefficient (Wildman–Crippen LogP) is 4.54. The summed E-state index contributed by atoms with van der Waals surface area (Å²) in [5.41, 5.74) is -0.421. The molecule has 0 unspecified atom stereocenters. The highest BCUT2D eigenvalue weighted by Crippen LogP contribution is 2.43. The Bertz CT molecular complexity index is 705. The number of aliphatic hydroxyl groups excluding tert-OH is 1. The maximum absolute atomic E-state index is 13.6. The number of nitrogens with zero attached hydrogens (tertiary/aromatic N) is 1. The Morgan fingerprint density at radius 2 is 2.10 bits per heavy atom. The van der Waals surface area contributed by atoms with Gasteiger partial charge < -0.3 is 9.84 Å². The maximum Gasteiger partial charge on any atom is 0.323 e. The van der Waals surface area contributed by atoms with Crippen LogP contribution >= 0.6 is 27.3 Å². The summed E-state index contributed by atoms with van der Waals surface area (Å²) in [5.74, 6) is -2.88. The molecule has 0 bridgehead atoms. The molecule has 1 aromatic carbocycles. The molecule has 2 aromatic rings. The number of halogens is 3. The Labute approximate surface area is 130 Å². The van der Waals surface area contributed by atoms with Crippen LogP contribution in [0.2, 0.25) is 0 Å².